The van der Waals surface area contributed by atoms with Gasteiger partial charge in [-0.3, -0.25) is 14.4 Å². The Morgan fingerprint density at radius 3 is 0.588 bits per heavy atom. The minimum Gasteiger partial charge on any atom is -0.462 e. The molecule has 0 saturated heterocycles. The number of carbonyl (C=O) groups excluding carboxylic acids is 3. The van der Waals surface area contributed by atoms with Crippen LogP contribution >= 0.6 is 0 Å². The highest BCUT2D eigenvalue weighted by atomic mass is 16.6. The van der Waals surface area contributed by atoms with Gasteiger partial charge < -0.3 is 14.2 Å². The molecule has 0 saturated carbocycles. The van der Waals surface area contributed by atoms with E-state index in [9.17, 15) is 14.4 Å². The van der Waals surface area contributed by atoms with Crippen LogP contribution in [0.2, 0.25) is 0 Å². The van der Waals surface area contributed by atoms with Crippen molar-refractivity contribution in [2.24, 2.45) is 0 Å². The summed E-state index contributed by atoms with van der Waals surface area (Å²) in [7, 11) is 0. The molecule has 0 radical (unpaired) electrons. The fraction of sp³-hybridized carbons (Fsp3) is 0.952. The van der Waals surface area contributed by atoms with E-state index in [1.54, 1.807) is 0 Å². The number of esters is 3. The molecule has 6 heteroatoms. The maximum atomic E-state index is 12.8. The zero-order valence-corrected chi connectivity index (χ0v) is 46.4. The summed E-state index contributed by atoms with van der Waals surface area (Å²) in [5, 5.41) is 0. The molecule has 0 heterocycles. The van der Waals surface area contributed by atoms with Crippen LogP contribution in [-0.4, -0.2) is 37.2 Å². The summed E-state index contributed by atoms with van der Waals surface area (Å²) in [5.74, 6) is -0.837. The predicted molar refractivity (Wildman–Crippen MR) is 294 cm³/mol. The quantitative estimate of drug-likeness (QED) is 0.0343. The van der Waals surface area contributed by atoms with Crippen molar-refractivity contribution in [3.8, 4) is 0 Å². The average molecular weight is 962 g/mol. The minimum absolute atomic E-state index is 0.0615. The van der Waals surface area contributed by atoms with Crippen LogP contribution < -0.4 is 0 Å². The zero-order chi connectivity index (χ0) is 49.3. The molecule has 0 aromatic heterocycles. The molecule has 0 aliphatic carbocycles. The van der Waals surface area contributed by atoms with Crippen LogP contribution in [0.4, 0.5) is 0 Å². The van der Waals surface area contributed by atoms with Gasteiger partial charge >= 0.3 is 17.9 Å². The van der Waals surface area contributed by atoms with Gasteiger partial charge in [0.1, 0.15) is 13.2 Å². The average Bonchev–Trinajstić information content (AvgIpc) is 3.34. The van der Waals surface area contributed by atoms with E-state index in [2.05, 4.69) is 20.8 Å². The van der Waals surface area contributed by atoms with Crippen LogP contribution in [0.5, 0.6) is 0 Å². The van der Waals surface area contributed by atoms with Gasteiger partial charge in [0, 0.05) is 19.3 Å². The van der Waals surface area contributed by atoms with Crippen LogP contribution in [0.3, 0.4) is 0 Å². The monoisotopic (exact) mass is 961 g/mol. The van der Waals surface area contributed by atoms with Crippen molar-refractivity contribution in [2.45, 2.75) is 367 Å². The molecule has 1 atom stereocenters. The summed E-state index contributed by atoms with van der Waals surface area (Å²) in [4.78, 5) is 38.0. The van der Waals surface area contributed by atoms with Crippen molar-refractivity contribution in [3.05, 3.63) is 0 Å². The van der Waals surface area contributed by atoms with Crippen molar-refractivity contribution in [1.82, 2.24) is 0 Å². The highest BCUT2D eigenvalue weighted by molar-refractivity contribution is 5.71. The maximum absolute atomic E-state index is 12.8. The molecular weight excluding hydrogens is 841 g/mol. The van der Waals surface area contributed by atoms with Gasteiger partial charge in [-0.2, -0.15) is 0 Å². The van der Waals surface area contributed by atoms with E-state index in [1.807, 2.05) is 0 Å². The van der Waals surface area contributed by atoms with Gasteiger partial charge in [-0.25, -0.2) is 0 Å². The number of carbonyl (C=O) groups is 3. The second kappa shape index (κ2) is 58.0. The lowest BCUT2D eigenvalue weighted by Crippen LogP contribution is -2.30. The number of hydrogen-bond donors (Lipinski definition) is 0. The Morgan fingerprint density at radius 1 is 0.235 bits per heavy atom. The zero-order valence-electron chi connectivity index (χ0n) is 46.4. The largest absolute Gasteiger partial charge is 0.462 e. The topological polar surface area (TPSA) is 78.9 Å². The molecule has 0 aromatic carbocycles. The second-order valence-corrected chi connectivity index (χ2v) is 21.3. The Labute approximate surface area is 425 Å². The standard InChI is InChI=1S/C62H120O6/c1-4-7-10-13-16-19-21-23-24-25-26-27-28-29-30-31-32-33-34-35-36-37-39-40-43-46-49-52-55-61(64)67-58-59(57-66-60(63)54-51-48-45-42-18-15-12-9-6-3)68-62(65)56-53-50-47-44-41-38-22-20-17-14-11-8-5-2/h59H,4-58H2,1-3H3. The van der Waals surface area contributed by atoms with Crippen molar-refractivity contribution < 1.29 is 28.6 Å². The Balaban J connectivity index is 4.02. The maximum Gasteiger partial charge on any atom is 0.306 e. The first-order valence-electron chi connectivity index (χ1n) is 31.0. The van der Waals surface area contributed by atoms with E-state index < -0.39 is 6.10 Å². The minimum atomic E-state index is -0.760. The Morgan fingerprint density at radius 2 is 0.397 bits per heavy atom. The van der Waals surface area contributed by atoms with E-state index in [-0.39, 0.29) is 31.1 Å². The SMILES string of the molecule is CCCCCCCCCCCCCCCCCCCCCCCCCCCCCCC(=O)OCC(COC(=O)CCCCCCCCCCC)OC(=O)CCCCCCCCCCCCCCC. The molecule has 1 unspecified atom stereocenters. The molecule has 0 aromatic rings. The lowest BCUT2D eigenvalue weighted by Gasteiger charge is -2.18. The molecule has 6 nitrogen and oxygen atoms in total. The first-order valence-corrected chi connectivity index (χ1v) is 31.0. The molecule has 0 aliphatic heterocycles. The third-order valence-electron chi connectivity index (χ3n) is 14.4. The molecule has 0 spiro atoms. The third-order valence-corrected chi connectivity index (χ3v) is 14.4. The lowest BCUT2D eigenvalue weighted by atomic mass is 10.0. The lowest BCUT2D eigenvalue weighted by molar-refractivity contribution is -0.167. The van der Waals surface area contributed by atoms with Crippen molar-refractivity contribution in [2.75, 3.05) is 13.2 Å². The molecule has 0 aliphatic rings. The van der Waals surface area contributed by atoms with E-state index in [0.717, 1.165) is 57.8 Å². The molecule has 0 bridgehead atoms. The van der Waals surface area contributed by atoms with Gasteiger partial charge in [0.05, 0.1) is 0 Å². The van der Waals surface area contributed by atoms with Crippen LogP contribution in [0, 0.1) is 0 Å². The second-order valence-electron chi connectivity index (χ2n) is 21.3. The number of ether oxygens (including phenoxy) is 3. The highest BCUT2D eigenvalue weighted by Gasteiger charge is 2.19. The fourth-order valence-corrected chi connectivity index (χ4v) is 9.68. The summed E-state index contributed by atoms with van der Waals surface area (Å²) < 4.78 is 16.8. The smallest absolute Gasteiger partial charge is 0.306 e. The molecule has 0 rings (SSSR count). The van der Waals surface area contributed by atoms with Crippen LogP contribution in [0.15, 0.2) is 0 Å². The van der Waals surface area contributed by atoms with E-state index >= 15 is 0 Å². The molecule has 0 fully saturated rings. The van der Waals surface area contributed by atoms with Crippen LogP contribution in [-0.2, 0) is 28.6 Å². The van der Waals surface area contributed by atoms with E-state index in [4.69, 9.17) is 14.2 Å². The van der Waals surface area contributed by atoms with Gasteiger partial charge in [0.25, 0.3) is 0 Å². The first kappa shape index (κ1) is 66.4. The summed E-state index contributed by atoms with van der Waals surface area (Å²) in [6, 6.07) is 0. The van der Waals surface area contributed by atoms with E-state index in [0.29, 0.717) is 19.3 Å². The van der Waals surface area contributed by atoms with Gasteiger partial charge in [-0.15, -0.1) is 0 Å². The Kier molecular flexibility index (Phi) is 56.6. The molecule has 0 amide bonds. The molecule has 0 N–H and O–H groups in total. The van der Waals surface area contributed by atoms with Gasteiger partial charge in [-0.1, -0.05) is 323 Å². The summed E-state index contributed by atoms with van der Waals surface area (Å²) in [5.41, 5.74) is 0. The van der Waals surface area contributed by atoms with Gasteiger partial charge in [0.2, 0.25) is 0 Å². The first-order chi connectivity index (χ1) is 33.5. The van der Waals surface area contributed by atoms with Crippen LogP contribution in [0.1, 0.15) is 361 Å². The van der Waals surface area contributed by atoms with Crippen molar-refractivity contribution in [3.63, 3.8) is 0 Å². The summed E-state index contributed by atoms with van der Waals surface area (Å²) in [6.07, 6.45) is 65.6. The highest BCUT2D eigenvalue weighted by Crippen LogP contribution is 2.18. The fourth-order valence-electron chi connectivity index (χ4n) is 9.68. The number of hydrogen-bond acceptors (Lipinski definition) is 6. The normalized spacial score (nSPS) is 11.9. The Bertz CT molecular complexity index is 1010. The van der Waals surface area contributed by atoms with Crippen molar-refractivity contribution in [1.29, 1.82) is 0 Å². The van der Waals surface area contributed by atoms with Crippen molar-refractivity contribution >= 4 is 17.9 Å². The van der Waals surface area contributed by atoms with Crippen LogP contribution in [0.25, 0.3) is 0 Å². The predicted octanol–water partition coefficient (Wildman–Crippen LogP) is 20.7. The summed E-state index contributed by atoms with van der Waals surface area (Å²) in [6.45, 7) is 6.68. The van der Waals surface area contributed by atoms with Gasteiger partial charge in [-0.05, 0) is 19.3 Å². The Hall–Kier alpha value is -1.59. The molecule has 68 heavy (non-hydrogen) atoms. The number of rotatable bonds is 58. The molecule has 404 valence electrons. The summed E-state index contributed by atoms with van der Waals surface area (Å²) >= 11 is 0. The number of unbranched alkanes of at least 4 members (excludes halogenated alkanes) is 47. The third kappa shape index (κ3) is 55.3. The van der Waals surface area contributed by atoms with E-state index in [1.165, 1.54) is 263 Å². The van der Waals surface area contributed by atoms with Gasteiger partial charge in [0.15, 0.2) is 6.10 Å². The molecular formula is C62H120O6.